The molecule has 0 aliphatic carbocycles. The van der Waals surface area contributed by atoms with Crippen LogP contribution < -0.4 is 9.54 Å². The van der Waals surface area contributed by atoms with E-state index in [0.717, 1.165) is 35.9 Å². The maximum Gasteiger partial charge on any atom is 0.416 e. The second-order valence-electron chi connectivity index (χ2n) is 9.20. The van der Waals surface area contributed by atoms with Gasteiger partial charge >= 0.3 is 6.18 Å². The van der Waals surface area contributed by atoms with Crippen molar-refractivity contribution in [2.45, 2.75) is 70.9 Å². The summed E-state index contributed by atoms with van der Waals surface area (Å²) < 4.78 is 52.8. The second kappa shape index (κ2) is 9.99. The van der Waals surface area contributed by atoms with Gasteiger partial charge < -0.3 is 19.1 Å². The molecule has 3 rings (SSSR count). The second-order valence-corrected chi connectivity index (χ2v) is 10.2. The molecule has 0 saturated carbocycles. The maximum absolute atomic E-state index is 13.3. The molecule has 1 aliphatic heterocycles. The number of hydrogen-bond donors (Lipinski definition) is 1. The fourth-order valence-electron chi connectivity index (χ4n) is 3.31. The standard InChI is InChI=1S/C23H29F3N2O4S/c1-14(29)13-32-18-8-7-15(23(24,25)26)10-17(18)20(30)27-21-28(11-16-6-5-9-31-16)12-19(33-21)22(2,3)4/h7-8,10,12,14,16,29H,5-6,9,11,13H2,1-4H3/b27-21-/t14-,16-/m1/s1. The van der Waals surface area contributed by atoms with Crippen molar-refractivity contribution < 1.29 is 32.5 Å². The van der Waals surface area contributed by atoms with Gasteiger partial charge in [0.2, 0.25) is 0 Å². The van der Waals surface area contributed by atoms with Crippen molar-refractivity contribution in [1.82, 2.24) is 4.57 Å². The Hall–Kier alpha value is -2.17. The highest BCUT2D eigenvalue weighted by atomic mass is 32.1. The summed E-state index contributed by atoms with van der Waals surface area (Å²) in [6.07, 6.45) is -1.70. The van der Waals surface area contributed by atoms with E-state index in [9.17, 15) is 23.1 Å². The van der Waals surface area contributed by atoms with Crippen LogP contribution in [0.15, 0.2) is 29.4 Å². The van der Waals surface area contributed by atoms with Crippen LogP contribution in [0.3, 0.4) is 0 Å². The fourth-order valence-corrected chi connectivity index (χ4v) is 4.37. The Morgan fingerprint density at radius 1 is 1.36 bits per heavy atom. The molecule has 2 aromatic rings. The normalized spacial score (nSPS) is 18.5. The molecule has 1 aromatic carbocycles. The largest absolute Gasteiger partial charge is 0.490 e. The van der Waals surface area contributed by atoms with Gasteiger partial charge in [-0.25, -0.2) is 0 Å². The van der Waals surface area contributed by atoms with E-state index in [-0.39, 0.29) is 29.4 Å². The fraction of sp³-hybridized carbons (Fsp3) is 0.565. The lowest BCUT2D eigenvalue weighted by Gasteiger charge is -2.15. The number of benzene rings is 1. The minimum Gasteiger partial charge on any atom is -0.490 e. The van der Waals surface area contributed by atoms with Crippen LogP contribution in [0.25, 0.3) is 0 Å². The highest BCUT2D eigenvalue weighted by Crippen LogP contribution is 2.33. The molecule has 0 bridgehead atoms. The highest BCUT2D eigenvalue weighted by Gasteiger charge is 2.32. The zero-order valence-corrected chi connectivity index (χ0v) is 19.9. The van der Waals surface area contributed by atoms with Gasteiger partial charge in [-0.15, -0.1) is 11.3 Å². The number of ether oxygens (including phenoxy) is 2. The number of carbonyl (C=O) groups is 1. The van der Waals surface area contributed by atoms with Crippen molar-refractivity contribution in [3.63, 3.8) is 0 Å². The van der Waals surface area contributed by atoms with Crippen LogP contribution in [0.4, 0.5) is 13.2 Å². The molecule has 1 aliphatic rings. The lowest BCUT2D eigenvalue weighted by atomic mass is 9.95. The van der Waals surface area contributed by atoms with Gasteiger partial charge in [0.05, 0.1) is 29.9 Å². The SMILES string of the molecule is C[C@@H](O)COc1ccc(C(F)(F)F)cc1C(=O)/N=c1\sc(C(C)(C)C)cn1C[C@H]1CCCO1. The number of nitrogens with zero attached hydrogens (tertiary/aromatic N) is 2. The van der Waals surface area contributed by atoms with Gasteiger partial charge in [-0.3, -0.25) is 4.79 Å². The number of aliphatic hydroxyl groups is 1. The van der Waals surface area contributed by atoms with E-state index in [1.807, 2.05) is 31.5 Å². The summed E-state index contributed by atoms with van der Waals surface area (Å²) in [7, 11) is 0. The number of rotatable bonds is 6. The van der Waals surface area contributed by atoms with Crippen LogP contribution in [0.1, 0.15) is 61.3 Å². The van der Waals surface area contributed by atoms with Gasteiger partial charge in [0.25, 0.3) is 5.91 Å². The molecular formula is C23H29F3N2O4S. The molecule has 182 valence electrons. The molecule has 0 radical (unpaired) electrons. The average molecular weight is 487 g/mol. The predicted octanol–water partition coefficient (Wildman–Crippen LogP) is 4.55. The number of carbonyl (C=O) groups excluding carboxylic acids is 1. The summed E-state index contributed by atoms with van der Waals surface area (Å²) in [5, 5.41) is 9.49. The minimum absolute atomic E-state index is 0.0000335. The Morgan fingerprint density at radius 2 is 2.09 bits per heavy atom. The molecule has 0 spiro atoms. The van der Waals surface area contributed by atoms with Gasteiger partial charge in [-0.2, -0.15) is 18.2 Å². The summed E-state index contributed by atoms with van der Waals surface area (Å²) in [6.45, 7) is 8.61. The quantitative estimate of drug-likeness (QED) is 0.651. The molecule has 2 atom stereocenters. The molecule has 1 N–H and O–H groups in total. The number of halogens is 3. The molecule has 0 unspecified atom stereocenters. The molecule has 1 saturated heterocycles. The first kappa shape index (κ1) is 25.5. The van der Waals surface area contributed by atoms with Crippen molar-refractivity contribution in [2.75, 3.05) is 13.2 Å². The number of alkyl halides is 3. The van der Waals surface area contributed by atoms with Crippen LogP contribution in [-0.2, 0) is 22.9 Å². The van der Waals surface area contributed by atoms with E-state index in [1.165, 1.54) is 18.3 Å². The van der Waals surface area contributed by atoms with Gasteiger partial charge in [0, 0.05) is 17.7 Å². The minimum atomic E-state index is -4.63. The van der Waals surface area contributed by atoms with E-state index in [2.05, 4.69) is 4.99 Å². The molecule has 10 heteroatoms. The number of aliphatic hydroxyl groups excluding tert-OH is 1. The third kappa shape index (κ3) is 6.68. The molecule has 1 aromatic heterocycles. The first-order chi connectivity index (χ1) is 15.3. The Morgan fingerprint density at radius 3 is 2.67 bits per heavy atom. The predicted molar refractivity (Wildman–Crippen MR) is 118 cm³/mol. The molecule has 2 heterocycles. The monoisotopic (exact) mass is 486 g/mol. The lowest BCUT2D eigenvalue weighted by molar-refractivity contribution is -0.137. The van der Waals surface area contributed by atoms with E-state index in [4.69, 9.17) is 9.47 Å². The summed E-state index contributed by atoms with van der Waals surface area (Å²) in [4.78, 5) is 18.7. The van der Waals surface area contributed by atoms with E-state index < -0.39 is 23.8 Å². The van der Waals surface area contributed by atoms with Crippen LogP contribution >= 0.6 is 11.3 Å². The van der Waals surface area contributed by atoms with Crippen molar-refractivity contribution in [1.29, 1.82) is 0 Å². The number of aromatic nitrogens is 1. The summed E-state index contributed by atoms with van der Waals surface area (Å²) in [5.74, 6) is -0.902. The van der Waals surface area contributed by atoms with Crippen molar-refractivity contribution >= 4 is 17.2 Å². The van der Waals surface area contributed by atoms with Crippen LogP contribution in [0.5, 0.6) is 5.75 Å². The van der Waals surface area contributed by atoms with Crippen molar-refractivity contribution in [2.24, 2.45) is 4.99 Å². The molecule has 1 fully saturated rings. The topological polar surface area (TPSA) is 73.0 Å². The first-order valence-electron chi connectivity index (χ1n) is 10.8. The van der Waals surface area contributed by atoms with Crippen molar-refractivity contribution in [3.05, 3.63) is 45.2 Å². The lowest BCUT2D eigenvalue weighted by Crippen LogP contribution is -2.24. The maximum atomic E-state index is 13.3. The Balaban J connectivity index is 2.04. The van der Waals surface area contributed by atoms with E-state index >= 15 is 0 Å². The first-order valence-corrected chi connectivity index (χ1v) is 11.6. The number of amides is 1. The van der Waals surface area contributed by atoms with Crippen molar-refractivity contribution in [3.8, 4) is 5.75 Å². The van der Waals surface area contributed by atoms with Gasteiger partial charge in [-0.05, 0) is 43.4 Å². The third-order valence-electron chi connectivity index (χ3n) is 5.10. The van der Waals surface area contributed by atoms with Crippen LogP contribution in [-0.4, -0.2) is 41.0 Å². The summed E-state index contributed by atoms with van der Waals surface area (Å²) >= 11 is 1.32. The molecule has 6 nitrogen and oxygen atoms in total. The molecule has 33 heavy (non-hydrogen) atoms. The van der Waals surface area contributed by atoms with Gasteiger partial charge in [0.1, 0.15) is 12.4 Å². The molecular weight excluding hydrogens is 457 g/mol. The average Bonchev–Trinajstić information content (AvgIpc) is 3.36. The third-order valence-corrected chi connectivity index (χ3v) is 6.54. The van der Waals surface area contributed by atoms with Crippen LogP contribution in [0, 0.1) is 0 Å². The smallest absolute Gasteiger partial charge is 0.416 e. The summed E-state index contributed by atoms with van der Waals surface area (Å²) in [6, 6.07) is 2.67. The summed E-state index contributed by atoms with van der Waals surface area (Å²) in [5.41, 5.74) is -1.47. The highest BCUT2D eigenvalue weighted by molar-refractivity contribution is 7.09. The van der Waals surface area contributed by atoms with E-state index in [0.29, 0.717) is 18.0 Å². The zero-order chi connectivity index (χ0) is 24.4. The molecule has 1 amide bonds. The van der Waals surface area contributed by atoms with Gasteiger partial charge in [0.15, 0.2) is 4.80 Å². The Labute approximate surface area is 194 Å². The van der Waals surface area contributed by atoms with E-state index in [1.54, 1.807) is 0 Å². The number of thiazole rings is 1. The Kier molecular flexibility index (Phi) is 7.70. The Bertz CT molecular complexity index is 1050. The number of hydrogen-bond acceptors (Lipinski definition) is 5. The van der Waals surface area contributed by atoms with Crippen LogP contribution in [0.2, 0.25) is 0 Å². The van der Waals surface area contributed by atoms with Gasteiger partial charge in [-0.1, -0.05) is 20.8 Å². The zero-order valence-electron chi connectivity index (χ0n) is 19.1.